The lowest BCUT2D eigenvalue weighted by Gasteiger charge is -2.21. The van der Waals surface area contributed by atoms with Gasteiger partial charge in [-0.3, -0.25) is 9.59 Å². The standard InChI is InChI=1S/C16H15Cl3N4O2/c17-11(18)2-1-3-13(24)22-14-8-4-5-23(15(8)14)16(25)9-6-12(19)21-7-10(9)20/h1-3,6-8,14-15H,4-5,20H2,(H,22,24)/b3-1+/t8-,14-,15-/m1/s1. The van der Waals surface area contributed by atoms with Crippen LogP contribution in [0, 0.1) is 5.92 Å². The number of allylic oxidation sites excluding steroid dienone is 2. The van der Waals surface area contributed by atoms with E-state index in [-0.39, 0.29) is 45.1 Å². The molecule has 0 bridgehead atoms. The summed E-state index contributed by atoms with van der Waals surface area (Å²) in [6.45, 7) is 0.625. The zero-order valence-corrected chi connectivity index (χ0v) is 15.2. The lowest BCUT2D eigenvalue weighted by atomic mass is 10.2. The third kappa shape index (κ3) is 3.92. The van der Waals surface area contributed by atoms with E-state index in [1.165, 1.54) is 30.5 Å². The van der Waals surface area contributed by atoms with E-state index < -0.39 is 0 Å². The van der Waals surface area contributed by atoms with Crippen molar-refractivity contribution in [3.8, 4) is 0 Å². The predicted molar refractivity (Wildman–Crippen MR) is 97.5 cm³/mol. The van der Waals surface area contributed by atoms with E-state index in [1.54, 1.807) is 4.90 Å². The first-order valence-corrected chi connectivity index (χ1v) is 8.73. The van der Waals surface area contributed by atoms with Crippen LogP contribution in [0.1, 0.15) is 16.8 Å². The van der Waals surface area contributed by atoms with Gasteiger partial charge in [0, 0.05) is 18.5 Å². The van der Waals surface area contributed by atoms with Gasteiger partial charge in [0.25, 0.3) is 5.91 Å². The molecule has 1 aliphatic carbocycles. The summed E-state index contributed by atoms with van der Waals surface area (Å²) in [5.74, 6) is -0.200. The highest BCUT2D eigenvalue weighted by atomic mass is 35.5. The summed E-state index contributed by atoms with van der Waals surface area (Å²) in [4.78, 5) is 30.2. The molecule has 2 amide bonds. The zero-order valence-electron chi connectivity index (χ0n) is 13.0. The molecular weight excluding hydrogens is 387 g/mol. The second kappa shape index (κ2) is 7.23. The molecule has 1 aromatic rings. The number of nitrogens with two attached hydrogens (primary N) is 1. The van der Waals surface area contributed by atoms with Crippen molar-refractivity contribution in [1.29, 1.82) is 0 Å². The van der Waals surface area contributed by atoms with E-state index >= 15 is 0 Å². The van der Waals surface area contributed by atoms with Crippen LogP contribution in [-0.4, -0.2) is 40.3 Å². The van der Waals surface area contributed by atoms with Crippen LogP contribution in [0.3, 0.4) is 0 Å². The van der Waals surface area contributed by atoms with Crippen LogP contribution < -0.4 is 11.1 Å². The summed E-state index contributed by atoms with van der Waals surface area (Å²) in [5.41, 5.74) is 6.45. The molecule has 0 spiro atoms. The highest BCUT2D eigenvalue weighted by Crippen LogP contribution is 2.45. The van der Waals surface area contributed by atoms with Gasteiger partial charge >= 0.3 is 0 Å². The Morgan fingerprint density at radius 2 is 2.16 bits per heavy atom. The number of pyridine rings is 1. The van der Waals surface area contributed by atoms with Crippen LogP contribution in [0.15, 0.2) is 35.0 Å². The smallest absolute Gasteiger partial charge is 0.256 e. The zero-order chi connectivity index (χ0) is 18.1. The number of nitrogens with one attached hydrogen (secondary N) is 1. The first-order chi connectivity index (χ1) is 11.9. The average Bonchev–Trinajstić information content (AvgIpc) is 3.03. The van der Waals surface area contributed by atoms with E-state index in [0.717, 1.165) is 6.42 Å². The largest absolute Gasteiger partial charge is 0.397 e. The molecule has 1 aromatic heterocycles. The first-order valence-electron chi connectivity index (χ1n) is 7.60. The van der Waals surface area contributed by atoms with E-state index in [0.29, 0.717) is 12.1 Å². The lowest BCUT2D eigenvalue weighted by molar-refractivity contribution is -0.116. The molecule has 2 aliphatic rings. The minimum atomic E-state index is -0.260. The van der Waals surface area contributed by atoms with Crippen LogP contribution in [-0.2, 0) is 4.79 Å². The van der Waals surface area contributed by atoms with Gasteiger partial charge in [0.05, 0.1) is 29.5 Å². The molecule has 0 radical (unpaired) electrons. The van der Waals surface area contributed by atoms with Gasteiger partial charge in [-0.2, -0.15) is 0 Å². The van der Waals surface area contributed by atoms with Gasteiger partial charge in [-0.05, 0) is 18.6 Å². The van der Waals surface area contributed by atoms with Crippen LogP contribution in [0.4, 0.5) is 5.69 Å². The number of amides is 2. The number of anilines is 1. The number of nitrogens with zero attached hydrogens (tertiary/aromatic N) is 2. The second-order valence-electron chi connectivity index (χ2n) is 5.89. The van der Waals surface area contributed by atoms with Crippen molar-refractivity contribution < 1.29 is 9.59 Å². The molecule has 9 heteroatoms. The van der Waals surface area contributed by atoms with E-state index in [1.807, 2.05) is 0 Å². The highest BCUT2D eigenvalue weighted by Gasteiger charge is 2.59. The third-order valence-corrected chi connectivity index (χ3v) is 4.82. The summed E-state index contributed by atoms with van der Waals surface area (Å²) in [7, 11) is 0. The number of nitrogen functional groups attached to an aromatic ring is 1. The number of likely N-dealkylation sites (tertiary alicyclic amines) is 1. The number of aromatic nitrogens is 1. The molecule has 0 aromatic carbocycles. The minimum Gasteiger partial charge on any atom is -0.397 e. The molecular formula is C16H15Cl3N4O2. The van der Waals surface area contributed by atoms with E-state index in [9.17, 15) is 9.59 Å². The van der Waals surface area contributed by atoms with Crippen molar-refractivity contribution in [2.75, 3.05) is 12.3 Å². The number of carbonyl (C=O) groups excluding carboxylic acids is 2. The van der Waals surface area contributed by atoms with Gasteiger partial charge in [0.1, 0.15) is 9.64 Å². The minimum absolute atomic E-state index is 0.0247. The van der Waals surface area contributed by atoms with Crippen molar-refractivity contribution in [3.63, 3.8) is 0 Å². The Balaban J connectivity index is 1.64. The van der Waals surface area contributed by atoms with E-state index in [4.69, 9.17) is 40.5 Å². The Hall–Kier alpha value is -1.76. The summed E-state index contributed by atoms with van der Waals surface area (Å²) < 4.78 is 0.0673. The van der Waals surface area contributed by atoms with Crippen molar-refractivity contribution in [3.05, 3.63) is 45.7 Å². The Kier molecular flexibility index (Phi) is 5.22. The Bertz CT molecular complexity index is 777. The fourth-order valence-electron chi connectivity index (χ4n) is 3.20. The number of carbonyl (C=O) groups is 2. The maximum absolute atomic E-state index is 12.7. The molecule has 3 atom stereocenters. The number of hydrogen-bond donors (Lipinski definition) is 2. The number of rotatable bonds is 4. The maximum atomic E-state index is 12.7. The Morgan fingerprint density at radius 3 is 2.88 bits per heavy atom. The van der Waals surface area contributed by atoms with Crippen LogP contribution in [0.5, 0.6) is 0 Å². The van der Waals surface area contributed by atoms with Crippen molar-refractivity contribution in [1.82, 2.24) is 15.2 Å². The molecule has 0 unspecified atom stereocenters. The van der Waals surface area contributed by atoms with Crippen LogP contribution in [0.2, 0.25) is 5.15 Å². The lowest BCUT2D eigenvalue weighted by Crippen LogP contribution is -2.38. The Morgan fingerprint density at radius 1 is 1.40 bits per heavy atom. The van der Waals surface area contributed by atoms with Gasteiger partial charge in [0.15, 0.2) is 0 Å². The summed E-state index contributed by atoms with van der Waals surface area (Å²) in [6, 6.07) is 1.38. The summed E-state index contributed by atoms with van der Waals surface area (Å²) >= 11 is 16.8. The molecule has 1 aliphatic heterocycles. The number of fused-ring (bicyclic) bond motifs is 1. The van der Waals surface area contributed by atoms with E-state index in [2.05, 4.69) is 10.3 Å². The van der Waals surface area contributed by atoms with Gasteiger partial charge in [0.2, 0.25) is 5.91 Å². The molecule has 1 saturated heterocycles. The summed E-state index contributed by atoms with van der Waals surface area (Å²) in [5, 5.41) is 3.10. The van der Waals surface area contributed by atoms with Gasteiger partial charge < -0.3 is 16.0 Å². The average molecular weight is 402 g/mol. The first kappa shape index (κ1) is 18.0. The molecule has 132 valence electrons. The summed E-state index contributed by atoms with van der Waals surface area (Å²) in [6.07, 6.45) is 6.41. The maximum Gasteiger partial charge on any atom is 0.256 e. The molecule has 2 heterocycles. The molecule has 3 N–H and O–H groups in total. The quantitative estimate of drug-likeness (QED) is 0.461. The number of halogens is 3. The van der Waals surface area contributed by atoms with Crippen molar-refractivity contribution in [2.24, 2.45) is 5.92 Å². The molecule has 2 fully saturated rings. The molecule has 3 rings (SSSR count). The normalized spacial score (nSPS) is 24.1. The monoisotopic (exact) mass is 400 g/mol. The highest BCUT2D eigenvalue weighted by molar-refractivity contribution is 6.56. The number of hydrogen-bond acceptors (Lipinski definition) is 4. The molecule has 25 heavy (non-hydrogen) atoms. The topological polar surface area (TPSA) is 88.3 Å². The Labute approximate surface area is 159 Å². The van der Waals surface area contributed by atoms with Gasteiger partial charge in [-0.25, -0.2) is 4.98 Å². The molecule has 1 saturated carbocycles. The third-order valence-electron chi connectivity index (χ3n) is 4.36. The van der Waals surface area contributed by atoms with Crippen LogP contribution >= 0.6 is 34.8 Å². The SMILES string of the molecule is Nc1cnc(Cl)cc1C(=O)N1CC[C@@H]2[C@@H](NC(=O)/C=C/C=C(Cl)Cl)[C@@H]21. The predicted octanol–water partition coefficient (Wildman–Crippen LogP) is 2.52. The van der Waals surface area contributed by atoms with Gasteiger partial charge in [-0.15, -0.1) is 0 Å². The fourth-order valence-corrected chi connectivity index (χ4v) is 3.50. The van der Waals surface area contributed by atoms with Crippen molar-refractivity contribution >= 4 is 52.3 Å². The fraction of sp³-hybridized carbons (Fsp3) is 0.312. The number of piperidine rings is 1. The van der Waals surface area contributed by atoms with Gasteiger partial charge in [-0.1, -0.05) is 40.9 Å². The van der Waals surface area contributed by atoms with Crippen LogP contribution in [0.25, 0.3) is 0 Å². The molecule has 6 nitrogen and oxygen atoms in total. The van der Waals surface area contributed by atoms with Crippen molar-refractivity contribution in [2.45, 2.75) is 18.5 Å². The second-order valence-corrected chi connectivity index (χ2v) is 7.28.